The maximum Gasteiger partial charge on any atom is 0.308 e. The second-order valence-corrected chi connectivity index (χ2v) is 43.4. The number of likely N-dealkylation sites (tertiary alicyclic amines) is 1. The summed E-state index contributed by atoms with van der Waals surface area (Å²) in [5, 5.41) is 52.1. The Hall–Kier alpha value is -11.4. The number of aliphatic hydroxyl groups excluding tert-OH is 3. The van der Waals surface area contributed by atoms with Crippen LogP contribution in [0.2, 0.25) is 0 Å². The number of carbonyl (C=O) groups excluding carboxylic acids is 10. The van der Waals surface area contributed by atoms with Crippen LogP contribution in [0.4, 0.5) is 0 Å². The molecule has 1 fully saturated rings. The molecule has 10 N–H and O–H groups in total. The van der Waals surface area contributed by atoms with E-state index in [2.05, 4.69) is 150 Å². The number of rotatable bonds is 51. The van der Waals surface area contributed by atoms with Crippen LogP contribution in [0.5, 0.6) is 5.75 Å². The van der Waals surface area contributed by atoms with Gasteiger partial charge in [-0.15, -0.1) is 0 Å². The van der Waals surface area contributed by atoms with Gasteiger partial charge >= 0.3 is 11.9 Å². The normalized spacial score (nSPS) is 15.8. The molecule has 0 aromatic heterocycles. The van der Waals surface area contributed by atoms with Crippen molar-refractivity contribution in [2.75, 3.05) is 13.1 Å². The lowest BCUT2D eigenvalue weighted by atomic mass is 9.66. The van der Waals surface area contributed by atoms with E-state index in [0.29, 0.717) is 37.1 Å². The van der Waals surface area contributed by atoms with Gasteiger partial charge in [0.2, 0.25) is 29.5 Å². The van der Waals surface area contributed by atoms with Crippen molar-refractivity contribution in [2.24, 2.45) is 35.3 Å². The highest BCUT2D eigenvalue weighted by Gasteiger charge is 2.43. The molecule has 0 saturated carbocycles. The average molecular weight is 1960 g/mol. The Balaban J connectivity index is 0.000000725. The third-order valence-corrected chi connectivity index (χ3v) is 25.9. The summed E-state index contributed by atoms with van der Waals surface area (Å²) in [6.45, 7) is 38.8. The number of nitrogens with one attached hydrogen (secondary N) is 5. The van der Waals surface area contributed by atoms with Crippen molar-refractivity contribution < 1.29 is 82.2 Å². The number of hydrogen-bond donors (Lipinski definition) is 9. The summed E-state index contributed by atoms with van der Waals surface area (Å²) in [6.07, 6.45) is -4.14. The van der Waals surface area contributed by atoms with Crippen LogP contribution >= 0.6 is 0 Å². The molecule has 0 aliphatic carbocycles. The van der Waals surface area contributed by atoms with Crippen molar-refractivity contribution in [2.45, 2.75) is 350 Å². The number of aryl methyl sites for hydroxylation is 4. The molecule has 8 aromatic rings. The summed E-state index contributed by atoms with van der Waals surface area (Å²) in [6, 6.07) is 65.6. The first-order valence-electron chi connectivity index (χ1n) is 51.4. The van der Waals surface area contributed by atoms with Crippen LogP contribution in [0.15, 0.2) is 212 Å². The molecule has 1 aliphatic rings. The maximum atomic E-state index is 15.2. The lowest BCUT2D eigenvalue weighted by Gasteiger charge is -2.36. The fourth-order valence-corrected chi connectivity index (χ4v) is 18.7. The number of ketones is 3. The second-order valence-electron chi connectivity index (χ2n) is 43.4. The van der Waals surface area contributed by atoms with Crippen LogP contribution in [0.25, 0.3) is 11.1 Å². The van der Waals surface area contributed by atoms with Gasteiger partial charge in [-0.25, -0.2) is 0 Å². The highest BCUT2D eigenvalue weighted by Crippen LogP contribution is 2.44. The average Bonchev–Trinajstić information content (AvgIpc) is 0.997. The van der Waals surface area contributed by atoms with Gasteiger partial charge in [0.25, 0.3) is 0 Å². The fraction of sp³-hybridized carbons (Fsp3) is 0.513. The standard InChI is InChI=1S/C90H135N7O17.C29H28/c1-20-61(49-76(101)72-29-26-44-97(72)86(110)68(91)45-55(4)5)83(107)95-71(54-80(105)114-90(17,18)19)75(100)51-65(46-58-36-40-67(41-37-58)112-88(11,12)13)85(109)93-69(47-59-32-30-56(6)31-33-59)73(98)42-43-78(103)96-81(57(7)111-87(8,9)10)77(102)50-62(21-2)84(108)94-70(48-60-34-38-64(39-35-60)63-27-24-23-25-28-63)74(99)52-66(82(106)92-22-3)53-79(104)113-89(14,15)16;1-23-16-18-28(19-17-23)29(26-12-5-3-6-13-26,27-14-7-4-8-15-27)21-20-25-11-9-10-24(2)22-25/h23-25,27-28,30-41,55,57,61-62,65-66,68-74,81,85,93,98-99,109H,20-22,26,29,42-54,91H2,1-19H3,(H,92,106)(H,94,108)(H,95,107)(H,96,103);3-19,22H,20-21H2,1-2H3/t57?,61-,62-,65-,66+,68+,69+,70+,71+,72+,73-,74-,81+,85-;/m1./s1. The molecular weight excluding hydrogens is 1800 g/mol. The van der Waals surface area contributed by atoms with Crippen molar-refractivity contribution in [1.29, 1.82) is 0 Å². The molecule has 1 unspecified atom stereocenters. The number of amides is 5. The highest BCUT2D eigenvalue weighted by molar-refractivity contribution is 5.97. The quantitative estimate of drug-likeness (QED) is 0.00971. The van der Waals surface area contributed by atoms with Gasteiger partial charge < -0.3 is 66.2 Å². The Kier molecular flexibility index (Phi) is 45.0. The van der Waals surface area contributed by atoms with Crippen molar-refractivity contribution in [3.63, 3.8) is 0 Å². The maximum absolute atomic E-state index is 15.2. The lowest BCUT2D eigenvalue weighted by molar-refractivity contribution is -0.158. The van der Waals surface area contributed by atoms with Crippen LogP contribution in [0.1, 0.15) is 270 Å². The Labute approximate surface area is 850 Å². The van der Waals surface area contributed by atoms with Gasteiger partial charge in [-0.3, -0.25) is 53.3 Å². The third kappa shape index (κ3) is 38.6. The highest BCUT2D eigenvalue weighted by atomic mass is 16.6. The molecule has 14 atom stereocenters. The molecule has 0 radical (unpaired) electrons. The molecule has 776 valence electrons. The van der Waals surface area contributed by atoms with E-state index in [1.54, 1.807) is 114 Å². The van der Waals surface area contributed by atoms with Gasteiger partial charge in [0, 0.05) is 68.0 Å². The fourth-order valence-electron chi connectivity index (χ4n) is 18.7. The number of aliphatic hydroxyl groups is 3. The number of ether oxygens (including phenoxy) is 4. The Bertz CT molecular complexity index is 5320. The molecule has 8 aromatic carbocycles. The van der Waals surface area contributed by atoms with Crippen LogP contribution in [0, 0.1) is 50.4 Å². The topological polar surface area (TPSA) is 358 Å². The summed E-state index contributed by atoms with van der Waals surface area (Å²) >= 11 is 0. The van der Waals surface area contributed by atoms with Gasteiger partial charge in [0.1, 0.15) is 34.8 Å². The molecule has 0 spiro atoms. The van der Waals surface area contributed by atoms with Gasteiger partial charge in [-0.05, 0) is 263 Å². The largest absolute Gasteiger partial charge is 0.488 e. The van der Waals surface area contributed by atoms with Gasteiger partial charge in [-0.2, -0.15) is 0 Å². The smallest absolute Gasteiger partial charge is 0.308 e. The third-order valence-electron chi connectivity index (χ3n) is 25.9. The van der Waals surface area contributed by atoms with E-state index >= 15 is 4.79 Å². The molecule has 9 rings (SSSR count). The number of nitrogens with zero attached hydrogens (tertiary/aromatic N) is 1. The molecule has 24 nitrogen and oxygen atoms in total. The number of esters is 2. The van der Waals surface area contributed by atoms with Crippen LogP contribution in [-0.4, -0.2) is 175 Å². The Morgan fingerprint density at radius 3 is 1.52 bits per heavy atom. The van der Waals surface area contributed by atoms with Crippen LogP contribution < -0.4 is 37.1 Å². The van der Waals surface area contributed by atoms with Crippen molar-refractivity contribution in [3.8, 4) is 16.9 Å². The molecule has 1 heterocycles. The molecule has 1 saturated heterocycles. The SMILES string of the molecule is CCNC(=O)[C@H](CC(=O)OC(C)(C)C)C[C@@H](O)[C@H](Cc1ccc(-c2ccccc2)cc1)NC(=O)[C@H](CC)CC(=O)[C@@H](NC(=O)CC[C@@H](O)[C@H](Cc1ccc(C)cc1)N[C@H](O)[C@@H](CC(=O)[C@H](CC(=O)OC(C)(C)C)NC(=O)[C@H](CC)CC(=O)[C@@H]1CCCN1C(=O)[C@@H](N)CC(C)C)Cc1ccc(OC(C)(C)C)cc1)C(C)OC(C)(C)C.Cc1ccc(C(CCc2cccc(C)c2)(c2ccccc2)c2ccccc2)cc1. The Morgan fingerprint density at radius 1 is 0.476 bits per heavy atom. The van der Waals surface area contributed by atoms with E-state index < -0.39 is 167 Å². The molecule has 1 aliphatic heterocycles. The van der Waals surface area contributed by atoms with Crippen LogP contribution in [0.3, 0.4) is 0 Å². The molecule has 0 bridgehead atoms. The lowest BCUT2D eigenvalue weighted by Crippen LogP contribution is -2.53. The minimum Gasteiger partial charge on any atom is -0.488 e. The van der Waals surface area contributed by atoms with Crippen molar-refractivity contribution in [3.05, 3.63) is 268 Å². The van der Waals surface area contributed by atoms with Gasteiger partial charge in [0.15, 0.2) is 17.3 Å². The summed E-state index contributed by atoms with van der Waals surface area (Å²) in [5.74, 6) is -8.98. The van der Waals surface area contributed by atoms with Crippen molar-refractivity contribution >= 4 is 58.8 Å². The molecular formula is C119H163N7O17. The van der Waals surface area contributed by atoms with Gasteiger partial charge in [-0.1, -0.05) is 245 Å². The van der Waals surface area contributed by atoms with E-state index in [9.17, 15) is 58.5 Å². The summed E-state index contributed by atoms with van der Waals surface area (Å²) in [5.41, 5.74) is 16.0. The first-order valence-corrected chi connectivity index (χ1v) is 51.4. The van der Waals surface area contributed by atoms with E-state index in [1.807, 2.05) is 120 Å². The zero-order chi connectivity index (χ0) is 105. The first-order chi connectivity index (χ1) is 67.4. The van der Waals surface area contributed by atoms with E-state index in [1.165, 1.54) is 38.3 Å². The number of Topliss-reactive ketones (excluding diaryl/α,β-unsaturated/α-hetero) is 3. The first kappa shape index (κ1) is 117. The van der Waals surface area contributed by atoms with Crippen molar-refractivity contribution in [1.82, 2.24) is 31.5 Å². The Morgan fingerprint density at radius 2 is 0.986 bits per heavy atom. The minimum atomic E-state index is -1.59. The summed E-state index contributed by atoms with van der Waals surface area (Å²) < 4.78 is 23.8. The van der Waals surface area contributed by atoms with E-state index in [0.717, 1.165) is 40.7 Å². The summed E-state index contributed by atoms with van der Waals surface area (Å²) in [4.78, 5) is 144. The predicted octanol–water partition coefficient (Wildman–Crippen LogP) is 18.1. The number of hydrogen-bond acceptors (Lipinski definition) is 19. The zero-order valence-corrected chi connectivity index (χ0v) is 88.6. The minimum absolute atomic E-state index is 0.0381. The summed E-state index contributed by atoms with van der Waals surface area (Å²) in [7, 11) is 0. The second kappa shape index (κ2) is 55.1. The van der Waals surface area contributed by atoms with E-state index in [4.69, 9.17) is 24.7 Å². The zero-order valence-electron chi connectivity index (χ0n) is 88.6. The predicted molar refractivity (Wildman–Crippen MR) is 565 cm³/mol. The number of benzene rings is 8. The van der Waals surface area contributed by atoms with E-state index in [-0.39, 0.29) is 100 Å². The molecule has 143 heavy (non-hydrogen) atoms. The number of nitrogens with two attached hydrogens (primary N) is 1. The monoisotopic (exact) mass is 1960 g/mol. The molecule has 5 amide bonds. The van der Waals surface area contributed by atoms with Crippen LogP contribution in [-0.2, 0) is 93.3 Å². The van der Waals surface area contributed by atoms with Gasteiger partial charge in [0.05, 0.1) is 66.8 Å². The number of carbonyl (C=O) groups is 10. The molecule has 24 heteroatoms.